The molecule has 0 amide bonds. The van der Waals surface area contributed by atoms with Crippen LogP contribution >= 0.6 is 23.7 Å². The fraction of sp³-hybridized carbons (Fsp3) is 0.231. The van der Waals surface area contributed by atoms with Gasteiger partial charge in [-0.3, -0.25) is 0 Å². The summed E-state index contributed by atoms with van der Waals surface area (Å²) in [6, 6.07) is 12.3. The van der Waals surface area contributed by atoms with Gasteiger partial charge in [0.2, 0.25) is 0 Å². The third kappa shape index (κ3) is 3.54. The second kappa shape index (κ2) is 6.77. The summed E-state index contributed by atoms with van der Waals surface area (Å²) in [5.74, 6) is 0. The lowest BCUT2D eigenvalue weighted by atomic mass is 10.0. The molecule has 3 N–H and O–H groups in total. The number of hydrogen-bond acceptors (Lipinski definition) is 3. The summed E-state index contributed by atoms with van der Waals surface area (Å²) in [5.41, 5.74) is 8.25. The lowest BCUT2D eigenvalue weighted by Gasteiger charge is -2.11. The maximum Gasteiger partial charge on any atom is 0.0449 e. The van der Waals surface area contributed by atoms with Gasteiger partial charge in [-0.05, 0) is 35.1 Å². The maximum absolute atomic E-state index is 8.87. The van der Waals surface area contributed by atoms with Crippen LogP contribution in [0.5, 0.6) is 0 Å². The number of halogens is 1. The molecule has 1 atom stereocenters. The predicted molar refractivity (Wildman–Crippen MR) is 75.6 cm³/mol. The van der Waals surface area contributed by atoms with E-state index < -0.39 is 0 Å². The van der Waals surface area contributed by atoms with Gasteiger partial charge >= 0.3 is 0 Å². The topological polar surface area (TPSA) is 46.2 Å². The van der Waals surface area contributed by atoms with E-state index in [1.807, 2.05) is 18.2 Å². The molecule has 0 aliphatic rings. The molecule has 0 aliphatic heterocycles. The monoisotopic (exact) mass is 269 g/mol. The number of benzene rings is 1. The Balaban J connectivity index is 0.00000144. The van der Waals surface area contributed by atoms with Crippen molar-refractivity contribution >= 4 is 23.7 Å². The second-order valence-corrected chi connectivity index (χ2v) is 4.67. The average molecular weight is 270 g/mol. The number of rotatable bonds is 4. The van der Waals surface area contributed by atoms with Crippen LogP contribution in [-0.2, 0) is 0 Å². The Kier molecular flexibility index (Phi) is 5.65. The molecule has 2 rings (SSSR count). The van der Waals surface area contributed by atoms with Crippen LogP contribution in [0.1, 0.15) is 18.0 Å². The Morgan fingerprint density at radius 1 is 1.24 bits per heavy atom. The third-order valence-corrected chi connectivity index (χ3v) is 3.48. The quantitative estimate of drug-likeness (QED) is 0.895. The highest BCUT2D eigenvalue weighted by Gasteiger charge is 2.06. The highest BCUT2D eigenvalue weighted by molar-refractivity contribution is 7.13. The number of hydrogen-bond donors (Lipinski definition) is 2. The van der Waals surface area contributed by atoms with Gasteiger partial charge < -0.3 is 10.8 Å². The standard InChI is InChI=1S/C13H15NOS.ClH/c14-12(6-7-15)10-3-1-4-11(9-10)13-5-2-8-16-13;/h1-5,8-9,12,15H,6-7,14H2;1H. The Morgan fingerprint density at radius 3 is 2.71 bits per heavy atom. The van der Waals surface area contributed by atoms with E-state index in [4.69, 9.17) is 10.8 Å². The van der Waals surface area contributed by atoms with Crippen LogP contribution in [0.25, 0.3) is 10.4 Å². The van der Waals surface area contributed by atoms with Crippen LogP contribution in [0.3, 0.4) is 0 Å². The summed E-state index contributed by atoms with van der Waals surface area (Å²) in [7, 11) is 0. The van der Waals surface area contributed by atoms with Crippen molar-refractivity contribution in [1.29, 1.82) is 0 Å². The van der Waals surface area contributed by atoms with E-state index in [0.717, 1.165) is 5.56 Å². The zero-order valence-corrected chi connectivity index (χ0v) is 11.0. The van der Waals surface area contributed by atoms with Crippen LogP contribution in [0.4, 0.5) is 0 Å². The summed E-state index contributed by atoms with van der Waals surface area (Å²) in [6.45, 7) is 0.129. The van der Waals surface area contributed by atoms with E-state index in [-0.39, 0.29) is 25.1 Å². The second-order valence-electron chi connectivity index (χ2n) is 3.72. The van der Waals surface area contributed by atoms with Crippen molar-refractivity contribution in [2.24, 2.45) is 5.73 Å². The van der Waals surface area contributed by atoms with Gasteiger partial charge in [-0.2, -0.15) is 0 Å². The summed E-state index contributed by atoms with van der Waals surface area (Å²) >= 11 is 1.72. The molecule has 4 heteroatoms. The predicted octanol–water partition coefficient (Wildman–Crippen LogP) is 3.22. The zero-order chi connectivity index (χ0) is 11.4. The van der Waals surface area contributed by atoms with Crippen molar-refractivity contribution in [2.75, 3.05) is 6.61 Å². The fourth-order valence-corrected chi connectivity index (χ4v) is 2.40. The Morgan fingerprint density at radius 2 is 2.06 bits per heavy atom. The molecule has 2 nitrogen and oxygen atoms in total. The van der Waals surface area contributed by atoms with Crippen molar-refractivity contribution in [1.82, 2.24) is 0 Å². The molecule has 92 valence electrons. The molecule has 0 radical (unpaired) electrons. The third-order valence-electron chi connectivity index (χ3n) is 2.56. The Bertz CT molecular complexity index is 444. The van der Waals surface area contributed by atoms with Gasteiger partial charge in [0.05, 0.1) is 0 Å². The van der Waals surface area contributed by atoms with Crippen LogP contribution in [-0.4, -0.2) is 11.7 Å². The molecule has 1 unspecified atom stereocenters. The summed E-state index contributed by atoms with van der Waals surface area (Å²) < 4.78 is 0. The van der Waals surface area contributed by atoms with Crippen LogP contribution in [0, 0.1) is 0 Å². The SMILES string of the molecule is Cl.NC(CCO)c1cccc(-c2cccs2)c1. The number of thiophene rings is 1. The molecule has 0 aliphatic carbocycles. The first-order chi connectivity index (χ1) is 7.81. The van der Waals surface area contributed by atoms with Gasteiger partial charge in [0.15, 0.2) is 0 Å². The molecule has 17 heavy (non-hydrogen) atoms. The first-order valence-corrected chi connectivity index (χ1v) is 6.19. The maximum atomic E-state index is 8.87. The van der Waals surface area contributed by atoms with Crippen molar-refractivity contribution in [3.63, 3.8) is 0 Å². The lowest BCUT2D eigenvalue weighted by Crippen LogP contribution is -2.11. The Labute approximate surface area is 112 Å². The van der Waals surface area contributed by atoms with Crippen LogP contribution in [0.2, 0.25) is 0 Å². The van der Waals surface area contributed by atoms with Crippen molar-refractivity contribution in [2.45, 2.75) is 12.5 Å². The summed E-state index contributed by atoms with van der Waals surface area (Å²) in [4.78, 5) is 1.25. The van der Waals surface area contributed by atoms with Crippen molar-refractivity contribution < 1.29 is 5.11 Å². The number of aliphatic hydroxyl groups is 1. The minimum atomic E-state index is -0.0788. The van der Waals surface area contributed by atoms with Gasteiger partial charge in [-0.1, -0.05) is 24.3 Å². The average Bonchev–Trinajstić information content (AvgIpc) is 2.83. The number of nitrogens with two attached hydrogens (primary N) is 1. The fourth-order valence-electron chi connectivity index (χ4n) is 1.67. The molecule has 2 aromatic rings. The largest absolute Gasteiger partial charge is 0.396 e. The molecule has 0 saturated carbocycles. The first kappa shape index (κ1) is 14.2. The zero-order valence-electron chi connectivity index (χ0n) is 9.37. The van der Waals surface area contributed by atoms with E-state index in [1.165, 1.54) is 10.4 Å². The first-order valence-electron chi connectivity index (χ1n) is 5.31. The van der Waals surface area contributed by atoms with Gasteiger partial charge in [-0.15, -0.1) is 23.7 Å². The molecule has 0 spiro atoms. The molecule has 0 saturated heterocycles. The molecular weight excluding hydrogens is 254 g/mol. The molecule has 0 fully saturated rings. The minimum Gasteiger partial charge on any atom is -0.396 e. The van der Waals surface area contributed by atoms with Crippen molar-refractivity contribution in [3.05, 3.63) is 47.3 Å². The smallest absolute Gasteiger partial charge is 0.0449 e. The molecule has 1 aromatic carbocycles. The van der Waals surface area contributed by atoms with E-state index >= 15 is 0 Å². The van der Waals surface area contributed by atoms with Gasteiger partial charge in [0, 0.05) is 17.5 Å². The van der Waals surface area contributed by atoms with Crippen molar-refractivity contribution in [3.8, 4) is 10.4 Å². The Hall–Kier alpha value is -0.870. The van der Waals surface area contributed by atoms with Crippen LogP contribution < -0.4 is 5.73 Å². The number of aliphatic hydroxyl groups excluding tert-OH is 1. The molecule has 0 bridgehead atoms. The highest BCUT2D eigenvalue weighted by Crippen LogP contribution is 2.27. The van der Waals surface area contributed by atoms with E-state index in [1.54, 1.807) is 11.3 Å². The highest BCUT2D eigenvalue weighted by atomic mass is 35.5. The van der Waals surface area contributed by atoms with E-state index in [2.05, 4.69) is 23.6 Å². The molecule has 1 heterocycles. The minimum absolute atomic E-state index is 0. The van der Waals surface area contributed by atoms with E-state index in [9.17, 15) is 0 Å². The summed E-state index contributed by atoms with van der Waals surface area (Å²) in [6.07, 6.45) is 0.605. The van der Waals surface area contributed by atoms with Gasteiger partial charge in [-0.25, -0.2) is 0 Å². The van der Waals surface area contributed by atoms with Crippen LogP contribution in [0.15, 0.2) is 41.8 Å². The summed E-state index contributed by atoms with van der Waals surface area (Å²) in [5, 5.41) is 10.9. The van der Waals surface area contributed by atoms with Gasteiger partial charge in [0.25, 0.3) is 0 Å². The van der Waals surface area contributed by atoms with E-state index in [0.29, 0.717) is 6.42 Å². The normalized spacial score (nSPS) is 11.9. The lowest BCUT2D eigenvalue weighted by molar-refractivity contribution is 0.276. The van der Waals surface area contributed by atoms with Gasteiger partial charge in [0.1, 0.15) is 0 Å². The molecular formula is C13H16ClNOS. The molecule has 1 aromatic heterocycles.